The molecule has 0 aromatic carbocycles. The Labute approximate surface area is 208 Å². The molecule has 35 heavy (non-hydrogen) atoms. The van der Waals surface area contributed by atoms with E-state index in [2.05, 4.69) is 25.6 Å². The van der Waals surface area contributed by atoms with Crippen LogP contribution in [0.2, 0.25) is 0 Å². The van der Waals surface area contributed by atoms with Gasteiger partial charge < -0.3 is 26.2 Å². The Morgan fingerprint density at radius 1 is 1.37 bits per heavy atom. The maximum Gasteiger partial charge on any atom is 0.258 e. The zero-order valence-corrected chi connectivity index (χ0v) is 21.0. The van der Waals surface area contributed by atoms with E-state index >= 15 is 0 Å². The fraction of sp³-hybridized carbons (Fsp3) is 0.375. The number of pyridine rings is 1. The van der Waals surface area contributed by atoms with Crippen molar-refractivity contribution in [3.05, 3.63) is 50.7 Å². The molecule has 0 saturated carbocycles. The predicted molar refractivity (Wildman–Crippen MR) is 139 cm³/mol. The Kier molecular flexibility index (Phi) is 8.83. The number of hydrogen-bond acceptors (Lipinski definition) is 9. The van der Waals surface area contributed by atoms with Crippen molar-refractivity contribution in [2.24, 2.45) is 15.7 Å². The predicted octanol–water partition coefficient (Wildman–Crippen LogP) is 2.67. The van der Waals surface area contributed by atoms with Gasteiger partial charge in [-0.25, -0.2) is 4.99 Å². The van der Waals surface area contributed by atoms with Gasteiger partial charge in [0.15, 0.2) is 0 Å². The fourth-order valence-corrected chi connectivity index (χ4v) is 4.41. The largest absolute Gasteiger partial charge is 0.475 e. The van der Waals surface area contributed by atoms with E-state index in [0.717, 1.165) is 9.81 Å². The summed E-state index contributed by atoms with van der Waals surface area (Å²) in [6.45, 7) is 7.87. The minimum Gasteiger partial charge on any atom is -0.475 e. The van der Waals surface area contributed by atoms with Crippen molar-refractivity contribution in [2.75, 3.05) is 30.3 Å². The number of nitrogens with one attached hydrogen (secondary N) is 2. The first-order valence-corrected chi connectivity index (χ1v) is 12.0. The van der Waals surface area contributed by atoms with Gasteiger partial charge in [0, 0.05) is 28.1 Å². The van der Waals surface area contributed by atoms with Crippen LogP contribution in [0.4, 0.5) is 11.4 Å². The number of aromatic nitrogens is 1. The van der Waals surface area contributed by atoms with Gasteiger partial charge in [0.25, 0.3) is 5.91 Å². The van der Waals surface area contributed by atoms with Gasteiger partial charge in [0.05, 0.1) is 47.5 Å². The van der Waals surface area contributed by atoms with E-state index in [1.807, 2.05) is 13.0 Å². The molecule has 3 heterocycles. The molecule has 2 aliphatic rings. The average molecular weight is 499 g/mol. The van der Waals surface area contributed by atoms with Crippen molar-refractivity contribution in [3.8, 4) is 0 Å². The number of carbonyl (C=O) groups is 2. The Balaban J connectivity index is 1.82. The molecular formula is C24H30N6O4S. The zero-order valence-electron chi connectivity index (χ0n) is 20.2. The topological polar surface area (TPSA) is 151 Å². The van der Waals surface area contributed by atoms with E-state index < -0.39 is 6.10 Å². The molecule has 0 saturated heterocycles. The lowest BCUT2D eigenvalue weighted by atomic mass is 10.1. The molecule has 0 bridgehead atoms. The number of thioether (sulfide) groups is 1. The Morgan fingerprint density at radius 3 is 2.77 bits per heavy atom. The monoisotopic (exact) mass is 498 g/mol. The molecule has 3 rings (SSSR count). The normalized spacial score (nSPS) is 18.6. The number of aliphatic imine (C=N–C) groups is 2. The maximum atomic E-state index is 13.2. The molecule has 186 valence electrons. The lowest BCUT2D eigenvalue weighted by molar-refractivity contribution is -0.116. The lowest BCUT2D eigenvalue weighted by Gasteiger charge is -2.22. The summed E-state index contributed by atoms with van der Waals surface area (Å²) in [6.07, 6.45) is 4.66. The molecule has 0 radical (unpaired) electrons. The minimum absolute atomic E-state index is 0.141. The Bertz CT molecular complexity index is 1160. The molecule has 1 aromatic heterocycles. The number of carbonyl (C=O) groups excluding carboxylic acids is 2. The van der Waals surface area contributed by atoms with E-state index in [9.17, 15) is 14.7 Å². The van der Waals surface area contributed by atoms with Crippen molar-refractivity contribution in [3.63, 3.8) is 0 Å². The van der Waals surface area contributed by atoms with Crippen LogP contribution in [0.15, 0.2) is 55.0 Å². The van der Waals surface area contributed by atoms with Crippen LogP contribution in [0.3, 0.4) is 0 Å². The number of aliphatic hydroxyl groups is 1. The molecule has 1 unspecified atom stereocenters. The van der Waals surface area contributed by atoms with Crippen LogP contribution in [0.1, 0.15) is 32.9 Å². The van der Waals surface area contributed by atoms with Crippen LogP contribution >= 0.6 is 11.8 Å². The number of aryl methyl sites for hydroxylation is 1. The fourth-order valence-electron chi connectivity index (χ4n) is 3.28. The summed E-state index contributed by atoms with van der Waals surface area (Å²) in [5, 5.41) is 15.3. The Morgan fingerprint density at radius 2 is 2.14 bits per heavy atom. The van der Waals surface area contributed by atoms with Crippen molar-refractivity contribution >= 4 is 47.1 Å². The third kappa shape index (κ3) is 6.58. The van der Waals surface area contributed by atoms with Gasteiger partial charge in [0.1, 0.15) is 12.7 Å². The van der Waals surface area contributed by atoms with Crippen molar-refractivity contribution < 1.29 is 19.4 Å². The standard InChI is InChI=1S/C24H30N6O4S/c1-5-19(22(13(3)25)24-28-9-16(31)12-34-24)35-20-11-26-10-17(20)23(33)30-18-7-15(8-27-14(18)4)29-21(32)6-2/h5,7-8,10,16,31H,6,9,11-12,25H2,1-4H3,(H,29,32)(H,30,33)/b19-5-,22-13-. The molecule has 0 fully saturated rings. The highest BCUT2D eigenvalue weighted by Gasteiger charge is 2.26. The number of nitrogens with two attached hydrogens (primary N) is 1. The van der Waals surface area contributed by atoms with E-state index in [1.165, 1.54) is 11.8 Å². The second-order valence-electron chi connectivity index (χ2n) is 7.94. The molecular weight excluding hydrogens is 468 g/mol. The number of amides is 2. The van der Waals surface area contributed by atoms with E-state index in [1.54, 1.807) is 39.2 Å². The summed E-state index contributed by atoms with van der Waals surface area (Å²) in [6, 6.07) is 1.68. The maximum absolute atomic E-state index is 13.2. The van der Waals surface area contributed by atoms with Crippen molar-refractivity contribution in [2.45, 2.75) is 40.2 Å². The first-order valence-electron chi connectivity index (χ1n) is 11.2. The Hall–Kier alpha value is -3.44. The molecule has 0 spiro atoms. The number of ether oxygens (including phenoxy) is 1. The quantitative estimate of drug-likeness (QED) is 0.402. The molecule has 0 aliphatic carbocycles. The van der Waals surface area contributed by atoms with E-state index in [0.29, 0.717) is 52.8 Å². The molecule has 5 N–H and O–H groups in total. The highest BCUT2D eigenvalue weighted by molar-refractivity contribution is 8.07. The van der Waals surface area contributed by atoms with Crippen LogP contribution in [0.25, 0.3) is 0 Å². The van der Waals surface area contributed by atoms with Gasteiger partial charge in [-0.1, -0.05) is 24.8 Å². The second kappa shape index (κ2) is 11.8. The van der Waals surface area contributed by atoms with E-state index in [4.69, 9.17) is 10.5 Å². The highest BCUT2D eigenvalue weighted by Crippen LogP contribution is 2.36. The summed E-state index contributed by atoms with van der Waals surface area (Å²) in [7, 11) is 0. The van der Waals surface area contributed by atoms with Crippen LogP contribution in [-0.2, 0) is 14.3 Å². The number of aliphatic hydroxyl groups excluding tert-OH is 1. The lowest BCUT2D eigenvalue weighted by Crippen LogP contribution is -2.29. The van der Waals surface area contributed by atoms with Crippen LogP contribution in [0.5, 0.6) is 0 Å². The summed E-state index contributed by atoms with van der Waals surface area (Å²) in [4.78, 5) is 39.3. The smallest absolute Gasteiger partial charge is 0.258 e. The molecule has 2 aliphatic heterocycles. The molecule has 11 heteroatoms. The zero-order chi connectivity index (χ0) is 25.5. The molecule has 1 atom stereocenters. The van der Waals surface area contributed by atoms with Gasteiger partial charge in [-0.2, -0.15) is 0 Å². The number of nitrogens with zero attached hydrogens (tertiary/aromatic N) is 3. The molecule has 2 amide bonds. The number of allylic oxidation sites excluding steroid dienone is 2. The first-order chi connectivity index (χ1) is 16.7. The number of anilines is 2. The minimum atomic E-state index is -0.646. The number of hydrogen-bond donors (Lipinski definition) is 4. The second-order valence-corrected chi connectivity index (χ2v) is 9.08. The van der Waals surface area contributed by atoms with Crippen LogP contribution in [0, 0.1) is 6.92 Å². The van der Waals surface area contributed by atoms with Crippen molar-refractivity contribution in [1.82, 2.24) is 4.98 Å². The summed E-state index contributed by atoms with van der Waals surface area (Å²) < 4.78 is 5.62. The number of rotatable bonds is 8. The molecule has 1 aromatic rings. The molecule has 10 nitrogen and oxygen atoms in total. The third-order valence-corrected chi connectivity index (χ3v) is 6.40. The van der Waals surface area contributed by atoms with Crippen LogP contribution < -0.4 is 16.4 Å². The average Bonchev–Trinajstić information content (AvgIpc) is 3.30. The van der Waals surface area contributed by atoms with Gasteiger partial charge in [0.2, 0.25) is 11.8 Å². The van der Waals surface area contributed by atoms with Gasteiger partial charge in [-0.05, 0) is 26.8 Å². The third-order valence-electron chi connectivity index (χ3n) is 5.15. The van der Waals surface area contributed by atoms with Gasteiger partial charge in [-0.15, -0.1) is 0 Å². The van der Waals surface area contributed by atoms with Crippen LogP contribution in [-0.4, -0.2) is 59.8 Å². The van der Waals surface area contributed by atoms with E-state index in [-0.39, 0.29) is 25.0 Å². The SMILES string of the molecule is C/C=C(SC1=C(C(=O)Nc2cc(NC(=O)CC)cnc2C)C=NC1)/C(C1=NCC(O)CO1)=C(\C)N. The summed E-state index contributed by atoms with van der Waals surface area (Å²) in [5.41, 5.74) is 9.34. The summed E-state index contributed by atoms with van der Waals surface area (Å²) >= 11 is 1.37. The first kappa shape index (κ1) is 26.2. The van der Waals surface area contributed by atoms with Crippen molar-refractivity contribution in [1.29, 1.82) is 0 Å². The summed E-state index contributed by atoms with van der Waals surface area (Å²) in [5.74, 6) is -0.109. The van der Waals surface area contributed by atoms with Gasteiger partial charge >= 0.3 is 0 Å². The van der Waals surface area contributed by atoms with Gasteiger partial charge in [-0.3, -0.25) is 19.6 Å². The highest BCUT2D eigenvalue weighted by atomic mass is 32.2.